The van der Waals surface area contributed by atoms with Gasteiger partial charge in [-0.15, -0.1) is 0 Å². The third-order valence-electron chi connectivity index (χ3n) is 1.90. The molecule has 0 saturated carbocycles. The number of rotatable bonds is 3. The van der Waals surface area contributed by atoms with E-state index in [0.717, 1.165) is 11.3 Å². The second-order valence-electron chi connectivity index (χ2n) is 2.89. The minimum Gasteiger partial charge on any atom is -0.462 e. The van der Waals surface area contributed by atoms with Crippen molar-refractivity contribution in [3.63, 3.8) is 0 Å². The standard InChI is InChI=1S/C10H14N2O2/c1-3-14-10(13)8-5-4-7(2)9(6-8)12-11/h4-6,12H,3,11H2,1-2H3. The van der Waals surface area contributed by atoms with Crippen molar-refractivity contribution >= 4 is 11.7 Å². The van der Waals surface area contributed by atoms with Crippen molar-refractivity contribution in [1.29, 1.82) is 0 Å². The van der Waals surface area contributed by atoms with Crippen LogP contribution in [0.25, 0.3) is 0 Å². The van der Waals surface area contributed by atoms with E-state index in [1.165, 1.54) is 0 Å². The molecule has 0 saturated heterocycles. The molecule has 3 N–H and O–H groups in total. The number of hydrazine groups is 1. The number of nitrogen functional groups attached to an aromatic ring is 1. The number of nitrogens with one attached hydrogen (secondary N) is 1. The van der Waals surface area contributed by atoms with E-state index in [4.69, 9.17) is 10.6 Å². The summed E-state index contributed by atoms with van der Waals surface area (Å²) in [4.78, 5) is 11.3. The van der Waals surface area contributed by atoms with Gasteiger partial charge in [0.05, 0.1) is 17.9 Å². The van der Waals surface area contributed by atoms with Crippen LogP contribution in [0.5, 0.6) is 0 Å². The Morgan fingerprint density at radius 1 is 1.57 bits per heavy atom. The Hall–Kier alpha value is -1.55. The van der Waals surface area contributed by atoms with Gasteiger partial charge in [-0.25, -0.2) is 4.79 Å². The summed E-state index contributed by atoms with van der Waals surface area (Å²) in [7, 11) is 0. The fraction of sp³-hybridized carbons (Fsp3) is 0.300. The zero-order valence-corrected chi connectivity index (χ0v) is 8.33. The fourth-order valence-corrected chi connectivity index (χ4v) is 1.12. The average molecular weight is 194 g/mol. The summed E-state index contributed by atoms with van der Waals surface area (Å²) in [6.07, 6.45) is 0. The molecule has 0 amide bonds. The predicted octanol–water partition coefficient (Wildman–Crippen LogP) is 1.46. The van der Waals surface area contributed by atoms with Crippen molar-refractivity contribution in [1.82, 2.24) is 0 Å². The molecule has 0 bridgehead atoms. The lowest BCUT2D eigenvalue weighted by Crippen LogP contribution is -2.10. The number of benzene rings is 1. The Kier molecular flexibility index (Phi) is 3.48. The first-order valence-corrected chi connectivity index (χ1v) is 4.43. The number of aryl methyl sites for hydroxylation is 1. The molecule has 14 heavy (non-hydrogen) atoms. The zero-order chi connectivity index (χ0) is 10.6. The summed E-state index contributed by atoms with van der Waals surface area (Å²) < 4.78 is 4.86. The second kappa shape index (κ2) is 4.62. The molecular weight excluding hydrogens is 180 g/mol. The van der Waals surface area contributed by atoms with E-state index in [-0.39, 0.29) is 5.97 Å². The Balaban J connectivity index is 2.94. The van der Waals surface area contributed by atoms with E-state index in [1.807, 2.05) is 13.0 Å². The molecule has 0 unspecified atom stereocenters. The number of esters is 1. The van der Waals surface area contributed by atoms with Crippen LogP contribution in [0.4, 0.5) is 5.69 Å². The van der Waals surface area contributed by atoms with Gasteiger partial charge in [0.1, 0.15) is 0 Å². The molecule has 76 valence electrons. The first kappa shape index (κ1) is 10.5. The van der Waals surface area contributed by atoms with Gasteiger partial charge in [0, 0.05) is 0 Å². The summed E-state index contributed by atoms with van der Waals surface area (Å²) in [5, 5.41) is 0. The van der Waals surface area contributed by atoms with Crippen molar-refractivity contribution in [2.24, 2.45) is 5.84 Å². The van der Waals surface area contributed by atoms with E-state index < -0.39 is 0 Å². The van der Waals surface area contributed by atoms with Crippen LogP contribution in [0, 0.1) is 6.92 Å². The highest BCUT2D eigenvalue weighted by molar-refractivity contribution is 5.90. The number of nitrogens with two attached hydrogens (primary N) is 1. The van der Waals surface area contributed by atoms with Crippen LogP contribution in [0.2, 0.25) is 0 Å². The van der Waals surface area contributed by atoms with Gasteiger partial charge in [-0.1, -0.05) is 6.07 Å². The largest absolute Gasteiger partial charge is 0.462 e. The van der Waals surface area contributed by atoms with Gasteiger partial charge in [0.2, 0.25) is 0 Å². The molecule has 0 atom stereocenters. The topological polar surface area (TPSA) is 64.3 Å². The van der Waals surface area contributed by atoms with Gasteiger partial charge < -0.3 is 10.2 Å². The zero-order valence-electron chi connectivity index (χ0n) is 8.33. The molecule has 0 aromatic heterocycles. The molecule has 0 spiro atoms. The number of carbonyl (C=O) groups excluding carboxylic acids is 1. The molecule has 0 heterocycles. The first-order chi connectivity index (χ1) is 6.69. The smallest absolute Gasteiger partial charge is 0.338 e. The van der Waals surface area contributed by atoms with E-state index in [2.05, 4.69) is 5.43 Å². The average Bonchev–Trinajstić information content (AvgIpc) is 2.19. The molecule has 0 fully saturated rings. The summed E-state index contributed by atoms with van der Waals surface area (Å²) in [5.74, 6) is 4.96. The van der Waals surface area contributed by atoms with Crippen LogP contribution < -0.4 is 11.3 Å². The van der Waals surface area contributed by atoms with Gasteiger partial charge in [0.15, 0.2) is 0 Å². The number of anilines is 1. The van der Waals surface area contributed by atoms with Crippen LogP contribution in [0.3, 0.4) is 0 Å². The molecule has 1 aromatic carbocycles. The number of carbonyl (C=O) groups is 1. The number of hydrogen-bond donors (Lipinski definition) is 2. The monoisotopic (exact) mass is 194 g/mol. The maximum Gasteiger partial charge on any atom is 0.338 e. The number of hydrogen-bond acceptors (Lipinski definition) is 4. The first-order valence-electron chi connectivity index (χ1n) is 4.43. The predicted molar refractivity (Wildman–Crippen MR) is 54.9 cm³/mol. The lowest BCUT2D eigenvalue weighted by atomic mass is 10.1. The molecule has 0 aliphatic carbocycles. The SMILES string of the molecule is CCOC(=O)c1ccc(C)c(NN)c1. The highest BCUT2D eigenvalue weighted by atomic mass is 16.5. The molecule has 4 nitrogen and oxygen atoms in total. The Morgan fingerprint density at radius 3 is 2.86 bits per heavy atom. The van der Waals surface area contributed by atoms with Crippen LogP contribution in [0.1, 0.15) is 22.8 Å². The van der Waals surface area contributed by atoms with Crippen LogP contribution in [0.15, 0.2) is 18.2 Å². The van der Waals surface area contributed by atoms with Crippen LogP contribution in [-0.2, 0) is 4.74 Å². The van der Waals surface area contributed by atoms with Crippen molar-refractivity contribution in [2.45, 2.75) is 13.8 Å². The van der Waals surface area contributed by atoms with E-state index in [9.17, 15) is 4.79 Å². The minimum atomic E-state index is -0.330. The Bertz CT molecular complexity index is 337. The van der Waals surface area contributed by atoms with Crippen molar-refractivity contribution < 1.29 is 9.53 Å². The Morgan fingerprint density at radius 2 is 2.29 bits per heavy atom. The van der Waals surface area contributed by atoms with Crippen LogP contribution in [-0.4, -0.2) is 12.6 Å². The Labute approximate surface area is 83.0 Å². The van der Waals surface area contributed by atoms with Crippen molar-refractivity contribution in [2.75, 3.05) is 12.0 Å². The van der Waals surface area contributed by atoms with Crippen molar-refractivity contribution in [3.8, 4) is 0 Å². The third kappa shape index (κ3) is 2.23. The van der Waals surface area contributed by atoms with Gasteiger partial charge in [-0.2, -0.15) is 0 Å². The molecule has 1 aromatic rings. The molecule has 0 radical (unpaired) electrons. The molecular formula is C10H14N2O2. The third-order valence-corrected chi connectivity index (χ3v) is 1.90. The highest BCUT2D eigenvalue weighted by Crippen LogP contribution is 2.16. The maximum absolute atomic E-state index is 11.3. The minimum absolute atomic E-state index is 0.330. The summed E-state index contributed by atoms with van der Waals surface area (Å²) in [6.45, 7) is 4.05. The van der Waals surface area contributed by atoms with Gasteiger partial charge in [-0.3, -0.25) is 5.84 Å². The molecule has 1 rings (SSSR count). The van der Waals surface area contributed by atoms with Gasteiger partial charge >= 0.3 is 5.97 Å². The lowest BCUT2D eigenvalue weighted by Gasteiger charge is -2.07. The summed E-state index contributed by atoms with van der Waals surface area (Å²) in [6, 6.07) is 5.21. The molecule has 0 aliphatic heterocycles. The summed E-state index contributed by atoms with van der Waals surface area (Å²) in [5.41, 5.74) is 4.75. The normalized spacial score (nSPS) is 9.64. The van der Waals surface area contributed by atoms with Crippen LogP contribution >= 0.6 is 0 Å². The maximum atomic E-state index is 11.3. The lowest BCUT2D eigenvalue weighted by molar-refractivity contribution is 0.0526. The molecule has 0 aliphatic rings. The quantitative estimate of drug-likeness (QED) is 0.434. The number of ether oxygens (including phenoxy) is 1. The van der Waals surface area contributed by atoms with E-state index in [1.54, 1.807) is 19.1 Å². The van der Waals surface area contributed by atoms with E-state index in [0.29, 0.717) is 12.2 Å². The van der Waals surface area contributed by atoms with Gasteiger partial charge in [-0.05, 0) is 31.5 Å². The second-order valence-corrected chi connectivity index (χ2v) is 2.89. The fourth-order valence-electron chi connectivity index (χ4n) is 1.12. The summed E-state index contributed by atoms with van der Waals surface area (Å²) >= 11 is 0. The van der Waals surface area contributed by atoms with E-state index >= 15 is 0 Å². The van der Waals surface area contributed by atoms with Gasteiger partial charge in [0.25, 0.3) is 0 Å². The van der Waals surface area contributed by atoms with Crippen molar-refractivity contribution in [3.05, 3.63) is 29.3 Å². The highest BCUT2D eigenvalue weighted by Gasteiger charge is 2.07. The molecule has 4 heteroatoms.